The quantitative estimate of drug-likeness (QED) is 0.845. The molecule has 1 amide bonds. The Morgan fingerprint density at radius 3 is 3.00 bits per heavy atom. The Bertz CT molecular complexity index is 623. The van der Waals surface area contributed by atoms with E-state index in [1.165, 1.54) is 5.56 Å². The van der Waals surface area contributed by atoms with Crippen LogP contribution < -0.4 is 10.6 Å². The number of hydrogen-bond acceptors (Lipinski definition) is 4. The Labute approximate surface area is 140 Å². The van der Waals surface area contributed by atoms with Crippen molar-refractivity contribution in [2.75, 3.05) is 18.1 Å². The first-order valence-electron chi connectivity index (χ1n) is 7.91. The number of imidazole rings is 1. The molecule has 1 aromatic heterocycles. The van der Waals surface area contributed by atoms with Crippen LogP contribution in [0.2, 0.25) is 0 Å². The number of aromatic nitrogens is 2. The lowest BCUT2D eigenvalue weighted by molar-refractivity contribution is -0.121. The standard InChI is InChI=1S/C17H22N4OS/c22-17(9-16-12-23-8-6-19-16)20-10-14-3-1-2-4-15(14)11-21-7-5-18-13-21/h1-5,7,13,16,19H,6,8-12H2,(H,20,22). The van der Waals surface area contributed by atoms with Crippen LogP contribution >= 0.6 is 11.8 Å². The molecule has 2 aromatic rings. The summed E-state index contributed by atoms with van der Waals surface area (Å²) < 4.78 is 2.03. The number of thioether (sulfide) groups is 1. The maximum atomic E-state index is 12.1. The third-order valence-corrected chi connectivity index (χ3v) is 5.07. The van der Waals surface area contributed by atoms with Gasteiger partial charge in [-0.05, 0) is 11.1 Å². The molecule has 2 heterocycles. The molecule has 6 heteroatoms. The van der Waals surface area contributed by atoms with Crippen LogP contribution in [-0.2, 0) is 17.9 Å². The number of amides is 1. The van der Waals surface area contributed by atoms with Gasteiger partial charge in [-0.3, -0.25) is 4.79 Å². The van der Waals surface area contributed by atoms with Gasteiger partial charge in [0.25, 0.3) is 0 Å². The molecule has 0 bridgehead atoms. The van der Waals surface area contributed by atoms with Gasteiger partial charge in [0.15, 0.2) is 0 Å². The second-order valence-electron chi connectivity index (χ2n) is 5.71. The summed E-state index contributed by atoms with van der Waals surface area (Å²) >= 11 is 1.91. The van der Waals surface area contributed by atoms with Crippen LogP contribution in [0, 0.1) is 0 Å². The molecule has 1 saturated heterocycles. The predicted octanol–water partition coefficient (Wildman–Crippen LogP) is 1.64. The van der Waals surface area contributed by atoms with Crippen molar-refractivity contribution in [3.05, 3.63) is 54.1 Å². The fraction of sp³-hybridized carbons (Fsp3) is 0.412. The summed E-state index contributed by atoms with van der Waals surface area (Å²) in [6.07, 6.45) is 6.08. The zero-order chi connectivity index (χ0) is 15.9. The summed E-state index contributed by atoms with van der Waals surface area (Å²) in [5.41, 5.74) is 2.36. The number of rotatable bonds is 6. The van der Waals surface area contributed by atoms with Crippen LogP contribution in [0.4, 0.5) is 0 Å². The molecule has 1 unspecified atom stereocenters. The second kappa shape index (κ2) is 8.17. The number of hydrogen-bond donors (Lipinski definition) is 2. The van der Waals surface area contributed by atoms with Crippen molar-refractivity contribution in [2.24, 2.45) is 0 Å². The van der Waals surface area contributed by atoms with Crippen molar-refractivity contribution in [1.82, 2.24) is 20.2 Å². The predicted molar refractivity (Wildman–Crippen MR) is 93.4 cm³/mol. The molecular formula is C17H22N4OS. The Hall–Kier alpha value is -1.79. The Balaban J connectivity index is 1.54. The summed E-state index contributed by atoms with van der Waals surface area (Å²) in [5.74, 6) is 2.27. The summed E-state index contributed by atoms with van der Waals surface area (Å²) in [6.45, 7) is 2.34. The molecule has 3 rings (SSSR count). The average molecular weight is 330 g/mol. The minimum absolute atomic E-state index is 0.113. The highest BCUT2D eigenvalue weighted by Crippen LogP contribution is 2.12. The molecule has 5 nitrogen and oxygen atoms in total. The van der Waals surface area contributed by atoms with Gasteiger partial charge in [-0.2, -0.15) is 11.8 Å². The van der Waals surface area contributed by atoms with Gasteiger partial charge >= 0.3 is 0 Å². The Morgan fingerprint density at radius 1 is 1.39 bits per heavy atom. The molecule has 1 fully saturated rings. The molecular weight excluding hydrogens is 308 g/mol. The first kappa shape index (κ1) is 16.1. The zero-order valence-electron chi connectivity index (χ0n) is 13.1. The monoisotopic (exact) mass is 330 g/mol. The fourth-order valence-electron chi connectivity index (χ4n) is 2.70. The number of carbonyl (C=O) groups excluding carboxylic acids is 1. The van der Waals surface area contributed by atoms with Crippen LogP contribution in [0.5, 0.6) is 0 Å². The molecule has 0 radical (unpaired) electrons. The van der Waals surface area contributed by atoms with E-state index in [9.17, 15) is 4.79 Å². The molecule has 0 aliphatic carbocycles. The van der Waals surface area contributed by atoms with Gasteiger partial charge in [0.2, 0.25) is 5.91 Å². The minimum atomic E-state index is 0.113. The van der Waals surface area contributed by atoms with Crippen molar-refractivity contribution in [3.8, 4) is 0 Å². The Kier molecular flexibility index (Phi) is 5.71. The topological polar surface area (TPSA) is 59.0 Å². The average Bonchev–Trinajstić information content (AvgIpc) is 3.08. The largest absolute Gasteiger partial charge is 0.352 e. The van der Waals surface area contributed by atoms with Crippen LogP contribution in [-0.4, -0.2) is 39.6 Å². The molecule has 122 valence electrons. The molecule has 0 saturated carbocycles. The van der Waals surface area contributed by atoms with E-state index in [0.717, 1.165) is 30.2 Å². The summed E-state index contributed by atoms with van der Waals surface area (Å²) in [6, 6.07) is 8.51. The van der Waals surface area contributed by atoms with Crippen LogP contribution in [0.1, 0.15) is 17.5 Å². The highest BCUT2D eigenvalue weighted by molar-refractivity contribution is 7.99. The van der Waals surface area contributed by atoms with Gasteiger partial charge in [-0.1, -0.05) is 24.3 Å². The van der Waals surface area contributed by atoms with Crippen molar-refractivity contribution in [2.45, 2.75) is 25.6 Å². The van der Waals surface area contributed by atoms with Gasteiger partial charge in [0.05, 0.1) is 6.33 Å². The lowest BCUT2D eigenvalue weighted by atomic mass is 10.1. The third-order valence-electron chi connectivity index (χ3n) is 3.94. The van der Waals surface area contributed by atoms with Crippen LogP contribution in [0.25, 0.3) is 0 Å². The van der Waals surface area contributed by atoms with Gasteiger partial charge in [-0.25, -0.2) is 4.98 Å². The zero-order valence-corrected chi connectivity index (χ0v) is 13.9. The maximum absolute atomic E-state index is 12.1. The van der Waals surface area contributed by atoms with Gasteiger partial charge in [0.1, 0.15) is 0 Å². The number of nitrogens with zero attached hydrogens (tertiary/aromatic N) is 2. The smallest absolute Gasteiger partial charge is 0.221 e. The second-order valence-corrected chi connectivity index (χ2v) is 6.86. The number of nitrogens with one attached hydrogen (secondary N) is 2. The van der Waals surface area contributed by atoms with Gasteiger partial charge < -0.3 is 15.2 Å². The molecule has 2 N–H and O–H groups in total. The van der Waals surface area contributed by atoms with E-state index >= 15 is 0 Å². The molecule has 23 heavy (non-hydrogen) atoms. The van der Waals surface area contributed by atoms with Crippen molar-refractivity contribution in [1.29, 1.82) is 0 Å². The SMILES string of the molecule is O=C(CC1CSCCN1)NCc1ccccc1Cn1ccnc1. The lowest BCUT2D eigenvalue weighted by Gasteiger charge is -2.22. The van der Waals surface area contributed by atoms with Crippen molar-refractivity contribution < 1.29 is 4.79 Å². The van der Waals surface area contributed by atoms with E-state index < -0.39 is 0 Å². The minimum Gasteiger partial charge on any atom is -0.352 e. The molecule has 1 aromatic carbocycles. The molecule has 1 aliphatic rings. The van der Waals surface area contributed by atoms with E-state index in [1.807, 2.05) is 41.0 Å². The van der Waals surface area contributed by atoms with Crippen LogP contribution in [0.15, 0.2) is 43.0 Å². The van der Waals surface area contributed by atoms with E-state index in [0.29, 0.717) is 19.0 Å². The van der Waals surface area contributed by atoms with Crippen LogP contribution in [0.3, 0.4) is 0 Å². The van der Waals surface area contributed by atoms with Crippen molar-refractivity contribution in [3.63, 3.8) is 0 Å². The van der Waals surface area contributed by atoms with E-state index in [4.69, 9.17) is 0 Å². The first-order chi connectivity index (χ1) is 11.3. The lowest BCUT2D eigenvalue weighted by Crippen LogP contribution is -2.41. The molecule has 1 atom stereocenters. The number of carbonyl (C=O) groups is 1. The third kappa shape index (κ3) is 4.84. The van der Waals surface area contributed by atoms with E-state index in [2.05, 4.69) is 27.8 Å². The van der Waals surface area contributed by atoms with Crippen molar-refractivity contribution >= 4 is 17.7 Å². The summed E-state index contributed by atoms with van der Waals surface area (Å²) in [5, 5.41) is 6.45. The maximum Gasteiger partial charge on any atom is 0.221 e. The fourth-order valence-corrected chi connectivity index (χ4v) is 3.65. The first-order valence-corrected chi connectivity index (χ1v) is 9.07. The number of benzene rings is 1. The highest BCUT2D eigenvalue weighted by Gasteiger charge is 2.16. The molecule has 0 spiro atoms. The molecule has 1 aliphatic heterocycles. The summed E-state index contributed by atoms with van der Waals surface area (Å²) in [7, 11) is 0. The normalized spacial score (nSPS) is 17.8. The van der Waals surface area contributed by atoms with Gasteiger partial charge in [0, 0.05) is 56.0 Å². The van der Waals surface area contributed by atoms with E-state index in [1.54, 1.807) is 6.20 Å². The van der Waals surface area contributed by atoms with Gasteiger partial charge in [-0.15, -0.1) is 0 Å². The highest BCUT2D eigenvalue weighted by atomic mass is 32.2. The Morgan fingerprint density at radius 2 is 2.26 bits per heavy atom. The van der Waals surface area contributed by atoms with E-state index in [-0.39, 0.29) is 5.91 Å². The summed E-state index contributed by atoms with van der Waals surface area (Å²) in [4.78, 5) is 16.2.